The van der Waals surface area contributed by atoms with E-state index in [0.29, 0.717) is 18.3 Å². The predicted molar refractivity (Wildman–Crippen MR) is 136 cm³/mol. The summed E-state index contributed by atoms with van der Waals surface area (Å²) in [5.41, 5.74) is 2.62. The first-order valence-electron chi connectivity index (χ1n) is 13.6. The summed E-state index contributed by atoms with van der Waals surface area (Å²) in [4.78, 5) is 0. The molecule has 0 amide bonds. The van der Waals surface area contributed by atoms with Crippen molar-refractivity contribution in [3.63, 3.8) is 0 Å². The van der Waals surface area contributed by atoms with Gasteiger partial charge in [0, 0.05) is 0 Å². The van der Waals surface area contributed by atoms with Crippen molar-refractivity contribution < 1.29 is 9.13 Å². The Morgan fingerprint density at radius 1 is 0.848 bits per heavy atom. The van der Waals surface area contributed by atoms with E-state index in [4.69, 9.17) is 4.74 Å². The number of rotatable bonds is 9. The molecule has 0 heterocycles. The molecule has 0 bridgehead atoms. The van der Waals surface area contributed by atoms with Gasteiger partial charge in [0.25, 0.3) is 0 Å². The second-order valence-corrected chi connectivity index (χ2v) is 10.8. The molecule has 1 unspecified atom stereocenters. The van der Waals surface area contributed by atoms with Crippen LogP contribution in [0, 0.1) is 29.5 Å². The summed E-state index contributed by atoms with van der Waals surface area (Å²) in [6.07, 6.45) is 14.9. The molecule has 2 fully saturated rings. The maximum Gasteiger partial charge on any atom is 0.165 e. The molecule has 1 nitrogen and oxygen atoms in total. The van der Waals surface area contributed by atoms with Gasteiger partial charge in [-0.05, 0) is 105 Å². The summed E-state index contributed by atoms with van der Waals surface area (Å²) in [7, 11) is 0. The van der Waals surface area contributed by atoms with Gasteiger partial charge in [0.2, 0.25) is 0 Å². The highest BCUT2D eigenvalue weighted by atomic mass is 19.1. The van der Waals surface area contributed by atoms with Crippen LogP contribution in [-0.4, -0.2) is 6.61 Å². The van der Waals surface area contributed by atoms with E-state index in [2.05, 4.69) is 37.3 Å². The summed E-state index contributed by atoms with van der Waals surface area (Å²) < 4.78 is 19.4. The number of halogens is 1. The Bertz CT molecular complexity index is 831. The number of hydrogen-bond acceptors (Lipinski definition) is 1. The molecule has 0 spiro atoms. The van der Waals surface area contributed by atoms with Crippen LogP contribution < -0.4 is 4.74 Å². The molecule has 2 aliphatic carbocycles. The minimum Gasteiger partial charge on any atom is -0.491 e. The van der Waals surface area contributed by atoms with Crippen molar-refractivity contribution >= 4 is 0 Å². The molecule has 0 saturated heterocycles. The van der Waals surface area contributed by atoms with Gasteiger partial charge in [-0.25, -0.2) is 4.39 Å². The van der Waals surface area contributed by atoms with Gasteiger partial charge in [0.15, 0.2) is 11.6 Å². The van der Waals surface area contributed by atoms with Crippen LogP contribution in [0.15, 0.2) is 48.5 Å². The third-order valence-electron chi connectivity index (χ3n) is 8.64. The van der Waals surface area contributed by atoms with Crippen LogP contribution in [-0.2, 0) is 6.42 Å². The van der Waals surface area contributed by atoms with Crippen molar-refractivity contribution in [1.29, 1.82) is 0 Å². The topological polar surface area (TPSA) is 9.23 Å². The minimum atomic E-state index is -0.216. The number of hydrogen-bond donors (Lipinski definition) is 0. The number of ether oxygens (including phenoxy) is 1. The fraction of sp³-hybridized carbons (Fsp3) is 0.613. The SMILES string of the molecule is CCOc1ccc(CCC2CCC(C3CCC(CC(C)c4ccccc4)CC3)CC2)cc1F. The molecule has 0 aromatic heterocycles. The van der Waals surface area contributed by atoms with Gasteiger partial charge in [-0.3, -0.25) is 0 Å². The molecule has 2 aromatic rings. The van der Waals surface area contributed by atoms with Crippen molar-refractivity contribution in [2.45, 2.75) is 90.4 Å². The van der Waals surface area contributed by atoms with E-state index in [1.54, 1.807) is 12.1 Å². The molecule has 2 saturated carbocycles. The third kappa shape index (κ3) is 6.84. The molecule has 2 aromatic carbocycles. The zero-order valence-electron chi connectivity index (χ0n) is 20.8. The largest absolute Gasteiger partial charge is 0.491 e. The Hall–Kier alpha value is -1.83. The van der Waals surface area contributed by atoms with Gasteiger partial charge < -0.3 is 4.74 Å². The molecular weight excluding hydrogens is 407 g/mol. The predicted octanol–water partition coefficient (Wildman–Crippen LogP) is 8.96. The Balaban J connectivity index is 1.15. The fourth-order valence-corrected chi connectivity index (χ4v) is 6.60. The van der Waals surface area contributed by atoms with E-state index in [0.717, 1.165) is 35.7 Å². The standard InChI is InChI=1S/C31H43FO/c1-3-33-31-20-15-26(22-30(31)32)10-9-24-11-16-28(17-12-24)29-18-13-25(14-19-29)21-23(2)27-7-5-4-6-8-27/h4-8,15,20,22-25,28-29H,3,9-14,16-19,21H2,1-2H3. The molecule has 0 aliphatic heterocycles. The Kier molecular flexibility index (Phi) is 8.87. The Labute approximate surface area is 201 Å². The molecule has 0 N–H and O–H groups in total. The highest BCUT2D eigenvalue weighted by Crippen LogP contribution is 2.44. The van der Waals surface area contributed by atoms with Gasteiger partial charge in [-0.2, -0.15) is 0 Å². The zero-order chi connectivity index (χ0) is 23.0. The van der Waals surface area contributed by atoms with E-state index < -0.39 is 0 Å². The first-order valence-corrected chi connectivity index (χ1v) is 13.6. The van der Waals surface area contributed by atoms with E-state index in [9.17, 15) is 4.39 Å². The molecule has 2 heteroatoms. The van der Waals surface area contributed by atoms with Crippen LogP contribution in [0.4, 0.5) is 4.39 Å². The third-order valence-corrected chi connectivity index (χ3v) is 8.64. The van der Waals surface area contributed by atoms with Crippen molar-refractivity contribution in [3.05, 3.63) is 65.5 Å². The normalized spacial score (nSPS) is 26.6. The lowest BCUT2D eigenvalue weighted by Gasteiger charge is -2.38. The Morgan fingerprint density at radius 2 is 1.48 bits per heavy atom. The minimum absolute atomic E-state index is 0.216. The van der Waals surface area contributed by atoms with E-state index in [-0.39, 0.29) is 5.82 Å². The summed E-state index contributed by atoms with van der Waals surface area (Å²) in [6, 6.07) is 16.6. The first kappa shape index (κ1) is 24.3. The monoisotopic (exact) mass is 450 g/mol. The number of benzene rings is 2. The number of aryl methyl sites for hydroxylation is 1. The quantitative estimate of drug-likeness (QED) is 0.370. The van der Waals surface area contributed by atoms with Gasteiger partial charge in [-0.15, -0.1) is 0 Å². The van der Waals surface area contributed by atoms with Crippen molar-refractivity contribution in [2.24, 2.45) is 23.7 Å². The van der Waals surface area contributed by atoms with Crippen LogP contribution in [0.2, 0.25) is 0 Å². The average molecular weight is 451 g/mol. The van der Waals surface area contributed by atoms with Crippen molar-refractivity contribution in [1.82, 2.24) is 0 Å². The van der Waals surface area contributed by atoms with Gasteiger partial charge in [-0.1, -0.05) is 69.0 Å². The van der Waals surface area contributed by atoms with Crippen LogP contribution >= 0.6 is 0 Å². The lowest BCUT2D eigenvalue weighted by molar-refractivity contribution is 0.139. The zero-order valence-corrected chi connectivity index (χ0v) is 20.8. The molecule has 4 rings (SSSR count). The van der Waals surface area contributed by atoms with E-state index in [1.807, 2.05) is 13.0 Å². The lowest BCUT2D eigenvalue weighted by Crippen LogP contribution is -2.26. The maximum absolute atomic E-state index is 14.1. The van der Waals surface area contributed by atoms with Gasteiger partial charge >= 0.3 is 0 Å². The smallest absolute Gasteiger partial charge is 0.165 e. The average Bonchev–Trinajstić information content (AvgIpc) is 2.86. The molecule has 180 valence electrons. The summed E-state index contributed by atoms with van der Waals surface area (Å²) in [5.74, 6) is 4.51. The van der Waals surface area contributed by atoms with Crippen molar-refractivity contribution in [2.75, 3.05) is 6.61 Å². The molecule has 1 atom stereocenters. The van der Waals surface area contributed by atoms with E-state index in [1.165, 1.54) is 69.8 Å². The second kappa shape index (κ2) is 12.0. The molecule has 0 radical (unpaired) electrons. The van der Waals surface area contributed by atoms with Gasteiger partial charge in [0.05, 0.1) is 6.61 Å². The van der Waals surface area contributed by atoms with E-state index >= 15 is 0 Å². The highest BCUT2D eigenvalue weighted by Gasteiger charge is 2.31. The van der Waals surface area contributed by atoms with Crippen LogP contribution in [0.3, 0.4) is 0 Å². The van der Waals surface area contributed by atoms with Crippen LogP contribution in [0.1, 0.15) is 95.1 Å². The van der Waals surface area contributed by atoms with Crippen molar-refractivity contribution in [3.8, 4) is 5.75 Å². The van der Waals surface area contributed by atoms with Crippen LogP contribution in [0.5, 0.6) is 5.75 Å². The molecule has 33 heavy (non-hydrogen) atoms. The van der Waals surface area contributed by atoms with Gasteiger partial charge in [0.1, 0.15) is 0 Å². The molecular formula is C31H43FO. The summed E-state index contributed by atoms with van der Waals surface area (Å²) in [6.45, 7) is 4.81. The fourth-order valence-electron chi connectivity index (χ4n) is 6.60. The molecule has 2 aliphatic rings. The lowest BCUT2D eigenvalue weighted by atomic mass is 9.67. The van der Waals surface area contributed by atoms with Crippen LogP contribution in [0.25, 0.3) is 0 Å². The highest BCUT2D eigenvalue weighted by molar-refractivity contribution is 5.29. The Morgan fingerprint density at radius 3 is 2.09 bits per heavy atom. The second-order valence-electron chi connectivity index (χ2n) is 10.8. The first-order chi connectivity index (χ1) is 16.1. The summed E-state index contributed by atoms with van der Waals surface area (Å²) >= 11 is 0. The summed E-state index contributed by atoms with van der Waals surface area (Å²) in [5, 5.41) is 0. The maximum atomic E-state index is 14.1.